The van der Waals surface area contributed by atoms with E-state index in [1.54, 1.807) is 5.57 Å². The molecule has 5 aliphatic carbocycles. The molecule has 0 bridgehead atoms. The van der Waals surface area contributed by atoms with Gasteiger partial charge in [-0.3, -0.25) is 0 Å². The van der Waals surface area contributed by atoms with E-state index in [0.717, 1.165) is 62.2 Å². The van der Waals surface area contributed by atoms with Crippen molar-refractivity contribution in [3.05, 3.63) is 11.6 Å². The first-order chi connectivity index (χ1) is 14.1. The molecular weight excluding hydrogens is 368 g/mol. The minimum atomic E-state index is -0.403. The molecule has 0 aliphatic heterocycles. The van der Waals surface area contributed by atoms with Gasteiger partial charge >= 0.3 is 0 Å². The molecule has 5 unspecified atom stereocenters. The highest BCUT2D eigenvalue weighted by Crippen LogP contribution is 2.67. The fourth-order valence-corrected chi connectivity index (χ4v) is 8.98. The molecule has 2 nitrogen and oxygen atoms in total. The Morgan fingerprint density at radius 1 is 1.00 bits per heavy atom. The molecule has 2 heteroatoms. The molecule has 5 aliphatic rings. The first-order valence-corrected chi connectivity index (χ1v) is 13.3. The van der Waals surface area contributed by atoms with E-state index in [0.29, 0.717) is 16.7 Å². The van der Waals surface area contributed by atoms with Gasteiger partial charge in [0.25, 0.3) is 0 Å². The van der Waals surface area contributed by atoms with Crippen LogP contribution in [0.4, 0.5) is 0 Å². The third-order valence-corrected chi connectivity index (χ3v) is 11.5. The Hall–Kier alpha value is -0.340. The highest BCUT2D eigenvalue weighted by atomic mass is 16.3. The highest BCUT2D eigenvalue weighted by Gasteiger charge is 2.58. The van der Waals surface area contributed by atoms with E-state index in [2.05, 4.69) is 33.8 Å². The van der Waals surface area contributed by atoms with Crippen LogP contribution < -0.4 is 0 Å². The van der Waals surface area contributed by atoms with Crippen molar-refractivity contribution in [2.24, 2.45) is 40.4 Å². The van der Waals surface area contributed by atoms with Crippen molar-refractivity contribution < 1.29 is 10.2 Å². The summed E-state index contributed by atoms with van der Waals surface area (Å²) in [6, 6.07) is 0. The molecule has 0 aromatic carbocycles. The SMILES string of the molecule is CC[C@]1(O)CCC2(C)C3=CCC4(C)C(CCC4[C@H](C)CCC4(O)CC4)C3CC[C@H]2C1. The summed E-state index contributed by atoms with van der Waals surface area (Å²) in [4.78, 5) is 0. The summed E-state index contributed by atoms with van der Waals surface area (Å²) >= 11 is 0. The second-order valence-electron chi connectivity index (χ2n) is 13.0. The molecule has 8 atom stereocenters. The molecule has 0 aromatic heterocycles. The lowest BCUT2D eigenvalue weighted by atomic mass is 9.47. The van der Waals surface area contributed by atoms with Crippen LogP contribution in [0.25, 0.3) is 0 Å². The Kier molecular flexibility index (Phi) is 5.07. The number of allylic oxidation sites excluding steroid dienone is 2. The zero-order chi connectivity index (χ0) is 21.4. The fraction of sp³-hybridized carbons (Fsp3) is 0.929. The molecule has 0 heterocycles. The Morgan fingerprint density at radius 3 is 2.43 bits per heavy atom. The Labute approximate surface area is 184 Å². The molecule has 2 N–H and O–H groups in total. The summed E-state index contributed by atoms with van der Waals surface area (Å²) in [7, 11) is 0. The van der Waals surface area contributed by atoms with E-state index in [-0.39, 0.29) is 5.60 Å². The minimum Gasteiger partial charge on any atom is -0.390 e. The molecule has 0 amide bonds. The number of hydrogen-bond acceptors (Lipinski definition) is 2. The largest absolute Gasteiger partial charge is 0.390 e. The van der Waals surface area contributed by atoms with Crippen LogP contribution in [0.5, 0.6) is 0 Å². The first kappa shape index (κ1) is 21.5. The van der Waals surface area contributed by atoms with Crippen molar-refractivity contribution in [2.45, 2.75) is 122 Å². The van der Waals surface area contributed by atoms with Crippen molar-refractivity contribution in [1.82, 2.24) is 0 Å². The van der Waals surface area contributed by atoms with Gasteiger partial charge in [0.1, 0.15) is 0 Å². The van der Waals surface area contributed by atoms with Crippen LogP contribution >= 0.6 is 0 Å². The average molecular weight is 415 g/mol. The van der Waals surface area contributed by atoms with Gasteiger partial charge in [0.2, 0.25) is 0 Å². The second kappa shape index (κ2) is 7.08. The Morgan fingerprint density at radius 2 is 1.73 bits per heavy atom. The predicted octanol–water partition coefficient (Wildman–Crippen LogP) is 6.65. The molecular formula is C28H46O2. The van der Waals surface area contributed by atoms with E-state index in [1.807, 2.05) is 0 Å². The van der Waals surface area contributed by atoms with Crippen molar-refractivity contribution >= 4 is 0 Å². The smallest absolute Gasteiger partial charge is 0.0650 e. The van der Waals surface area contributed by atoms with Gasteiger partial charge in [0, 0.05) is 0 Å². The summed E-state index contributed by atoms with van der Waals surface area (Å²) in [6.07, 6.45) is 17.9. The summed E-state index contributed by atoms with van der Waals surface area (Å²) in [5, 5.41) is 21.3. The van der Waals surface area contributed by atoms with E-state index in [1.165, 1.54) is 44.9 Å². The summed E-state index contributed by atoms with van der Waals surface area (Å²) < 4.78 is 0. The van der Waals surface area contributed by atoms with Crippen molar-refractivity contribution in [2.75, 3.05) is 0 Å². The van der Waals surface area contributed by atoms with Crippen LogP contribution in [-0.4, -0.2) is 21.4 Å². The van der Waals surface area contributed by atoms with Gasteiger partial charge in [-0.1, -0.05) is 39.3 Å². The average Bonchev–Trinajstić information content (AvgIpc) is 3.35. The lowest BCUT2D eigenvalue weighted by Gasteiger charge is -2.58. The fourth-order valence-electron chi connectivity index (χ4n) is 8.98. The van der Waals surface area contributed by atoms with Crippen LogP contribution in [0, 0.1) is 40.4 Å². The first-order valence-electron chi connectivity index (χ1n) is 13.3. The molecule has 30 heavy (non-hydrogen) atoms. The highest BCUT2D eigenvalue weighted by molar-refractivity contribution is 5.29. The maximum absolute atomic E-state index is 11.0. The number of aliphatic hydroxyl groups is 2. The van der Waals surface area contributed by atoms with E-state index >= 15 is 0 Å². The van der Waals surface area contributed by atoms with Crippen molar-refractivity contribution in [3.63, 3.8) is 0 Å². The molecule has 4 fully saturated rings. The zero-order valence-electron chi connectivity index (χ0n) is 20.1. The molecule has 170 valence electrons. The van der Waals surface area contributed by atoms with Gasteiger partial charge in [0.05, 0.1) is 11.2 Å². The second-order valence-corrected chi connectivity index (χ2v) is 13.0. The van der Waals surface area contributed by atoms with Crippen molar-refractivity contribution in [1.29, 1.82) is 0 Å². The molecule has 0 spiro atoms. The number of rotatable bonds is 5. The van der Waals surface area contributed by atoms with Gasteiger partial charge in [-0.15, -0.1) is 0 Å². The number of fused-ring (bicyclic) bond motifs is 5. The maximum Gasteiger partial charge on any atom is 0.0650 e. The minimum absolute atomic E-state index is 0.290. The van der Waals surface area contributed by atoms with Gasteiger partial charge < -0.3 is 10.2 Å². The summed E-state index contributed by atoms with van der Waals surface area (Å²) in [5.41, 5.74) is 1.91. The Bertz CT molecular complexity index is 707. The standard InChI is InChI=1S/C28H46O2/c1-5-27(29)15-14-25(3)20(18-27)6-7-21-23-9-8-22(26(23,4)12-11-24(21)25)19(2)10-13-28(30)16-17-28/h11,19-23,29-30H,5-10,12-18H2,1-4H3/t19-,20+,21?,22?,23?,25?,26?,27+/m1/s1. The Balaban J connectivity index is 1.35. The quantitative estimate of drug-likeness (QED) is 0.495. The monoisotopic (exact) mass is 414 g/mol. The molecule has 4 saturated carbocycles. The number of hydrogen-bond donors (Lipinski definition) is 2. The van der Waals surface area contributed by atoms with Crippen LogP contribution in [0.3, 0.4) is 0 Å². The van der Waals surface area contributed by atoms with Gasteiger partial charge in [-0.25, -0.2) is 0 Å². The predicted molar refractivity (Wildman–Crippen MR) is 123 cm³/mol. The zero-order valence-corrected chi connectivity index (χ0v) is 20.1. The van der Waals surface area contributed by atoms with Crippen LogP contribution in [0.15, 0.2) is 11.6 Å². The van der Waals surface area contributed by atoms with Crippen LogP contribution in [0.1, 0.15) is 111 Å². The lowest BCUT2D eigenvalue weighted by Crippen LogP contribution is -2.51. The lowest BCUT2D eigenvalue weighted by molar-refractivity contribution is -0.0771. The summed E-state index contributed by atoms with van der Waals surface area (Å²) in [5.74, 6) is 3.89. The normalized spacial score (nSPS) is 50.1. The third-order valence-electron chi connectivity index (χ3n) is 11.5. The molecule has 0 radical (unpaired) electrons. The molecule has 0 saturated heterocycles. The molecule has 0 aromatic rings. The third kappa shape index (κ3) is 3.26. The van der Waals surface area contributed by atoms with Gasteiger partial charge in [0.15, 0.2) is 0 Å². The van der Waals surface area contributed by atoms with Crippen LogP contribution in [0.2, 0.25) is 0 Å². The molecule has 5 rings (SSSR count). The van der Waals surface area contributed by atoms with Crippen molar-refractivity contribution in [3.8, 4) is 0 Å². The van der Waals surface area contributed by atoms with E-state index in [9.17, 15) is 10.2 Å². The maximum atomic E-state index is 11.0. The van der Waals surface area contributed by atoms with E-state index < -0.39 is 5.60 Å². The topological polar surface area (TPSA) is 40.5 Å². The van der Waals surface area contributed by atoms with Gasteiger partial charge in [-0.2, -0.15) is 0 Å². The van der Waals surface area contributed by atoms with E-state index in [4.69, 9.17) is 0 Å². The van der Waals surface area contributed by atoms with Crippen LogP contribution in [-0.2, 0) is 0 Å². The van der Waals surface area contributed by atoms with Gasteiger partial charge in [-0.05, 0) is 124 Å². The summed E-state index contributed by atoms with van der Waals surface area (Å²) in [6.45, 7) is 9.82.